The molecule has 1 saturated carbocycles. The number of primary amides is 1. The summed E-state index contributed by atoms with van der Waals surface area (Å²) in [5.74, 6) is 0.356. The van der Waals surface area contributed by atoms with Crippen LogP contribution in [0.5, 0.6) is 5.75 Å². The summed E-state index contributed by atoms with van der Waals surface area (Å²) in [5, 5.41) is 0. The molecule has 0 unspecified atom stereocenters. The third-order valence-electron chi connectivity index (χ3n) is 6.37. The van der Waals surface area contributed by atoms with Crippen LogP contribution < -0.4 is 14.8 Å². The molecule has 0 aromatic heterocycles. The Kier molecular flexibility index (Phi) is 7.76. The van der Waals surface area contributed by atoms with Crippen LogP contribution in [0.2, 0.25) is 0 Å². The molecule has 3 aromatic rings. The second kappa shape index (κ2) is 11.0. The van der Waals surface area contributed by atoms with Crippen LogP contribution in [0.25, 0.3) is 0 Å². The smallest absolute Gasteiger partial charge is 0.236 e. The molecular formula is C28H32N2O4S. The Balaban J connectivity index is 1.76. The Morgan fingerprint density at radius 2 is 1.69 bits per heavy atom. The van der Waals surface area contributed by atoms with Gasteiger partial charge in [-0.05, 0) is 59.7 Å². The fraction of sp³-hybridized carbons (Fsp3) is 0.321. The predicted molar refractivity (Wildman–Crippen MR) is 139 cm³/mol. The Morgan fingerprint density at radius 3 is 2.37 bits per heavy atom. The lowest BCUT2D eigenvalue weighted by Crippen LogP contribution is -2.26. The fourth-order valence-electron chi connectivity index (χ4n) is 4.74. The number of nitrogens with two attached hydrogens (primary N) is 1. The van der Waals surface area contributed by atoms with Gasteiger partial charge in [0.25, 0.3) is 0 Å². The molecule has 1 aliphatic rings. The molecule has 0 saturated heterocycles. The molecule has 0 heterocycles. The van der Waals surface area contributed by atoms with Gasteiger partial charge in [-0.15, -0.1) is 0 Å². The Labute approximate surface area is 207 Å². The SMILES string of the molecule is CS(=O)(=O)N(c1cccc(C2CCCCC2)c1)c1cc(CC(N)=O)ccc1OCc1ccccc1. The van der Waals surface area contributed by atoms with Crippen LogP contribution in [-0.4, -0.2) is 20.6 Å². The van der Waals surface area contributed by atoms with Crippen LogP contribution in [0.1, 0.15) is 54.7 Å². The van der Waals surface area contributed by atoms with Crippen molar-refractivity contribution in [3.8, 4) is 5.75 Å². The summed E-state index contributed by atoms with van der Waals surface area (Å²) < 4.78 is 33.7. The number of hydrogen-bond acceptors (Lipinski definition) is 4. The molecule has 0 spiro atoms. The highest BCUT2D eigenvalue weighted by Gasteiger charge is 2.26. The van der Waals surface area contributed by atoms with Gasteiger partial charge in [0, 0.05) is 0 Å². The number of rotatable bonds is 9. The highest BCUT2D eigenvalue weighted by Crippen LogP contribution is 2.40. The number of hydrogen-bond donors (Lipinski definition) is 1. The maximum atomic E-state index is 13.2. The molecule has 0 bridgehead atoms. The molecule has 2 N–H and O–H groups in total. The van der Waals surface area contributed by atoms with Crippen molar-refractivity contribution in [2.75, 3.05) is 10.6 Å². The van der Waals surface area contributed by atoms with E-state index in [1.807, 2.05) is 42.5 Å². The molecule has 0 aliphatic heterocycles. The van der Waals surface area contributed by atoms with Gasteiger partial charge < -0.3 is 10.5 Å². The van der Waals surface area contributed by atoms with Crippen molar-refractivity contribution in [2.24, 2.45) is 5.73 Å². The zero-order valence-corrected chi connectivity index (χ0v) is 20.8. The largest absolute Gasteiger partial charge is 0.487 e. The number of sulfonamides is 1. The Hall–Kier alpha value is -3.32. The highest BCUT2D eigenvalue weighted by atomic mass is 32.2. The quantitative estimate of drug-likeness (QED) is 0.431. The van der Waals surface area contributed by atoms with Gasteiger partial charge in [-0.1, -0.05) is 67.8 Å². The van der Waals surface area contributed by atoms with Gasteiger partial charge in [-0.3, -0.25) is 4.79 Å². The summed E-state index contributed by atoms with van der Waals surface area (Å²) in [5.41, 5.74) is 9.07. The predicted octanol–water partition coefficient (Wildman–Crippen LogP) is 5.44. The molecule has 3 aromatic carbocycles. The zero-order chi connectivity index (χ0) is 24.8. The summed E-state index contributed by atoms with van der Waals surface area (Å²) in [6.07, 6.45) is 7.05. The monoisotopic (exact) mass is 492 g/mol. The molecule has 0 atom stereocenters. The number of nitrogens with zero attached hydrogens (tertiary/aromatic N) is 1. The van der Waals surface area contributed by atoms with E-state index >= 15 is 0 Å². The lowest BCUT2D eigenvalue weighted by Gasteiger charge is -2.27. The molecule has 1 amide bonds. The first kappa shape index (κ1) is 24.8. The molecule has 4 rings (SSSR count). The van der Waals surface area contributed by atoms with Gasteiger partial charge in [0.15, 0.2) is 0 Å². The second-order valence-corrected chi connectivity index (χ2v) is 11.0. The molecule has 6 nitrogen and oxygen atoms in total. The lowest BCUT2D eigenvalue weighted by molar-refractivity contribution is -0.117. The van der Waals surface area contributed by atoms with Crippen molar-refractivity contribution < 1.29 is 17.9 Å². The first-order valence-electron chi connectivity index (χ1n) is 12.0. The van der Waals surface area contributed by atoms with Crippen LogP contribution in [0, 0.1) is 0 Å². The summed E-state index contributed by atoms with van der Waals surface area (Å²) in [6, 6.07) is 22.6. The van der Waals surface area contributed by atoms with Gasteiger partial charge in [-0.2, -0.15) is 0 Å². The van der Waals surface area contributed by atoms with Gasteiger partial charge in [0.05, 0.1) is 24.1 Å². The maximum absolute atomic E-state index is 13.2. The first-order chi connectivity index (χ1) is 16.8. The van der Waals surface area contributed by atoms with E-state index in [2.05, 4.69) is 6.07 Å². The van der Waals surface area contributed by atoms with Crippen molar-refractivity contribution in [3.05, 3.63) is 89.5 Å². The summed E-state index contributed by atoms with van der Waals surface area (Å²) in [4.78, 5) is 11.6. The number of carbonyl (C=O) groups is 1. The van der Waals surface area contributed by atoms with E-state index < -0.39 is 15.9 Å². The number of amides is 1. The fourth-order valence-corrected chi connectivity index (χ4v) is 5.74. The highest BCUT2D eigenvalue weighted by molar-refractivity contribution is 7.92. The number of ether oxygens (including phenoxy) is 1. The van der Waals surface area contributed by atoms with Crippen molar-refractivity contribution in [1.29, 1.82) is 0 Å². The van der Waals surface area contributed by atoms with E-state index in [1.54, 1.807) is 24.3 Å². The summed E-state index contributed by atoms with van der Waals surface area (Å²) >= 11 is 0. The van der Waals surface area contributed by atoms with E-state index in [9.17, 15) is 13.2 Å². The Morgan fingerprint density at radius 1 is 0.943 bits per heavy atom. The van der Waals surface area contributed by atoms with E-state index in [-0.39, 0.29) is 13.0 Å². The van der Waals surface area contributed by atoms with Gasteiger partial charge >= 0.3 is 0 Å². The van der Waals surface area contributed by atoms with E-state index in [0.717, 1.165) is 24.0 Å². The van der Waals surface area contributed by atoms with E-state index in [0.29, 0.717) is 28.6 Å². The van der Waals surface area contributed by atoms with Crippen LogP contribution in [0.3, 0.4) is 0 Å². The Bertz CT molecular complexity index is 1270. The molecule has 1 aliphatic carbocycles. The van der Waals surface area contributed by atoms with Gasteiger partial charge in [0.1, 0.15) is 12.4 Å². The normalized spacial score (nSPS) is 14.4. The lowest BCUT2D eigenvalue weighted by atomic mass is 9.84. The minimum atomic E-state index is -3.73. The summed E-state index contributed by atoms with van der Waals surface area (Å²) in [6.45, 7) is 0.280. The number of benzene rings is 3. The molecule has 0 radical (unpaired) electrons. The molecular weight excluding hydrogens is 460 g/mol. The third kappa shape index (κ3) is 6.42. The summed E-state index contributed by atoms with van der Waals surface area (Å²) in [7, 11) is -3.73. The van der Waals surface area contributed by atoms with Crippen LogP contribution in [-0.2, 0) is 27.8 Å². The number of anilines is 2. The van der Waals surface area contributed by atoms with Crippen molar-refractivity contribution >= 4 is 27.3 Å². The van der Waals surface area contributed by atoms with E-state index in [1.165, 1.54) is 29.8 Å². The first-order valence-corrected chi connectivity index (χ1v) is 13.8. The zero-order valence-electron chi connectivity index (χ0n) is 20.0. The number of carbonyl (C=O) groups excluding carboxylic acids is 1. The minimum Gasteiger partial charge on any atom is -0.487 e. The maximum Gasteiger partial charge on any atom is 0.236 e. The van der Waals surface area contributed by atoms with Crippen LogP contribution >= 0.6 is 0 Å². The molecule has 184 valence electrons. The van der Waals surface area contributed by atoms with Gasteiger partial charge in [0.2, 0.25) is 15.9 Å². The molecule has 35 heavy (non-hydrogen) atoms. The topological polar surface area (TPSA) is 89.7 Å². The molecule has 7 heteroatoms. The average Bonchev–Trinajstić information content (AvgIpc) is 2.84. The third-order valence-corrected chi connectivity index (χ3v) is 7.44. The van der Waals surface area contributed by atoms with Crippen molar-refractivity contribution in [2.45, 2.75) is 51.0 Å². The van der Waals surface area contributed by atoms with Crippen LogP contribution in [0.15, 0.2) is 72.8 Å². The molecule has 1 fully saturated rings. The van der Waals surface area contributed by atoms with Crippen LogP contribution in [0.4, 0.5) is 11.4 Å². The van der Waals surface area contributed by atoms with Crippen molar-refractivity contribution in [1.82, 2.24) is 0 Å². The van der Waals surface area contributed by atoms with Crippen molar-refractivity contribution in [3.63, 3.8) is 0 Å². The van der Waals surface area contributed by atoms with Gasteiger partial charge in [-0.25, -0.2) is 12.7 Å². The average molecular weight is 493 g/mol. The van der Waals surface area contributed by atoms with E-state index in [4.69, 9.17) is 10.5 Å². The standard InChI is InChI=1S/C28H32N2O4S/c1-35(32,33)30(25-14-8-13-24(19-25)23-11-6-3-7-12-23)26-17-22(18-28(29)31)15-16-27(26)34-20-21-9-4-2-5-10-21/h2,4-5,8-10,13-17,19,23H,3,6-7,11-12,18,20H2,1H3,(H2,29,31). The second-order valence-electron chi connectivity index (χ2n) is 9.18. The minimum absolute atomic E-state index is 0.00564.